The third-order valence-electron chi connectivity index (χ3n) is 5.22. The molecule has 0 radical (unpaired) electrons. The van der Waals surface area contributed by atoms with Crippen molar-refractivity contribution in [3.05, 3.63) is 59.7 Å². The largest absolute Gasteiger partial charge is 0.336 e. The summed E-state index contributed by atoms with van der Waals surface area (Å²) in [7, 11) is -2.11. The van der Waals surface area contributed by atoms with Gasteiger partial charge >= 0.3 is 0 Å². The molecule has 0 saturated carbocycles. The summed E-state index contributed by atoms with van der Waals surface area (Å²) in [6.07, 6.45) is 3.22. The minimum atomic E-state index is -3.63. The maximum absolute atomic E-state index is 12.8. The van der Waals surface area contributed by atoms with Crippen LogP contribution < -0.4 is 4.31 Å². The molecule has 144 valence electrons. The number of hydrogen-bond acceptors (Lipinski definition) is 3. The van der Waals surface area contributed by atoms with Crippen LogP contribution in [0.15, 0.2) is 53.4 Å². The first-order valence-electron chi connectivity index (χ1n) is 9.27. The normalized spacial score (nSPS) is 17.6. The molecule has 0 aromatic heterocycles. The Morgan fingerprint density at radius 1 is 1.04 bits per heavy atom. The fraction of sp³-hybridized carbons (Fsp3) is 0.381. The predicted molar refractivity (Wildman–Crippen MR) is 108 cm³/mol. The quantitative estimate of drug-likeness (QED) is 0.802. The molecule has 0 aliphatic carbocycles. The standard InChI is InChI=1S/C21H26N2O3S/c1-16-7-13-20(14-8-16)27(25,26)22(3)19-11-9-18(10-12-19)21(24)23-15-5-4-6-17(23)2/h7-14,17H,4-6,15H2,1-3H3. The van der Waals surface area contributed by atoms with Crippen LogP contribution in [0.25, 0.3) is 0 Å². The van der Waals surface area contributed by atoms with Gasteiger partial charge in [0.2, 0.25) is 0 Å². The zero-order valence-electron chi connectivity index (χ0n) is 16.1. The zero-order valence-corrected chi connectivity index (χ0v) is 16.9. The molecule has 0 bridgehead atoms. The van der Waals surface area contributed by atoms with Gasteiger partial charge in [0.15, 0.2) is 0 Å². The molecule has 27 heavy (non-hydrogen) atoms. The highest BCUT2D eigenvalue weighted by Crippen LogP contribution is 2.24. The molecule has 3 rings (SSSR count). The summed E-state index contributed by atoms with van der Waals surface area (Å²) in [6.45, 7) is 4.77. The Labute approximate surface area is 161 Å². The van der Waals surface area contributed by atoms with E-state index in [1.807, 2.05) is 11.8 Å². The van der Waals surface area contributed by atoms with E-state index in [1.165, 1.54) is 11.4 Å². The Balaban J connectivity index is 1.80. The Morgan fingerprint density at radius 2 is 1.67 bits per heavy atom. The van der Waals surface area contributed by atoms with E-state index in [1.54, 1.807) is 48.5 Å². The smallest absolute Gasteiger partial charge is 0.264 e. The molecular formula is C21H26N2O3S. The molecule has 2 aromatic carbocycles. The van der Waals surface area contributed by atoms with E-state index >= 15 is 0 Å². The third-order valence-corrected chi connectivity index (χ3v) is 7.02. The van der Waals surface area contributed by atoms with Crippen molar-refractivity contribution in [2.24, 2.45) is 0 Å². The lowest BCUT2D eigenvalue weighted by atomic mass is 10.0. The number of rotatable bonds is 4. The highest BCUT2D eigenvalue weighted by molar-refractivity contribution is 7.92. The summed E-state index contributed by atoms with van der Waals surface area (Å²) in [4.78, 5) is 14.9. The van der Waals surface area contributed by atoms with Gasteiger partial charge in [0, 0.05) is 25.2 Å². The molecule has 1 unspecified atom stereocenters. The number of anilines is 1. The molecule has 1 aliphatic heterocycles. The van der Waals surface area contributed by atoms with Crippen LogP contribution in [-0.2, 0) is 10.0 Å². The third kappa shape index (κ3) is 4.00. The SMILES string of the molecule is Cc1ccc(S(=O)(=O)N(C)c2ccc(C(=O)N3CCCCC3C)cc2)cc1. The number of amides is 1. The molecule has 1 heterocycles. The van der Waals surface area contributed by atoms with E-state index in [9.17, 15) is 13.2 Å². The van der Waals surface area contributed by atoms with Gasteiger partial charge in [0.1, 0.15) is 0 Å². The van der Waals surface area contributed by atoms with Crippen molar-refractivity contribution in [2.75, 3.05) is 17.9 Å². The van der Waals surface area contributed by atoms with Crippen LogP contribution in [0.2, 0.25) is 0 Å². The number of sulfonamides is 1. The molecule has 1 atom stereocenters. The van der Waals surface area contributed by atoms with Gasteiger partial charge in [-0.05, 0) is 69.5 Å². The molecule has 0 N–H and O–H groups in total. The second-order valence-electron chi connectivity index (χ2n) is 7.18. The molecule has 1 amide bonds. The number of aryl methyl sites for hydroxylation is 1. The summed E-state index contributed by atoms with van der Waals surface area (Å²) >= 11 is 0. The van der Waals surface area contributed by atoms with Gasteiger partial charge in [0.25, 0.3) is 15.9 Å². The van der Waals surface area contributed by atoms with Crippen molar-refractivity contribution in [1.82, 2.24) is 4.90 Å². The van der Waals surface area contributed by atoms with E-state index in [0.29, 0.717) is 11.3 Å². The van der Waals surface area contributed by atoms with Crippen molar-refractivity contribution in [2.45, 2.75) is 44.0 Å². The van der Waals surface area contributed by atoms with Crippen molar-refractivity contribution in [3.8, 4) is 0 Å². The van der Waals surface area contributed by atoms with Gasteiger partial charge in [-0.15, -0.1) is 0 Å². The topological polar surface area (TPSA) is 57.7 Å². The monoisotopic (exact) mass is 386 g/mol. The summed E-state index contributed by atoms with van der Waals surface area (Å²) < 4.78 is 26.9. The average molecular weight is 387 g/mol. The number of hydrogen-bond donors (Lipinski definition) is 0. The fourth-order valence-electron chi connectivity index (χ4n) is 3.39. The van der Waals surface area contributed by atoms with Crippen LogP contribution in [0.3, 0.4) is 0 Å². The molecule has 1 fully saturated rings. The summed E-state index contributed by atoms with van der Waals surface area (Å²) in [6, 6.07) is 13.8. The van der Waals surface area contributed by atoms with E-state index in [4.69, 9.17) is 0 Å². The van der Waals surface area contributed by atoms with Gasteiger partial charge in [-0.25, -0.2) is 8.42 Å². The molecule has 1 aliphatic rings. The highest BCUT2D eigenvalue weighted by atomic mass is 32.2. The Morgan fingerprint density at radius 3 is 2.26 bits per heavy atom. The first kappa shape index (κ1) is 19.4. The van der Waals surface area contributed by atoms with Crippen LogP contribution in [0.1, 0.15) is 42.1 Å². The van der Waals surface area contributed by atoms with E-state index < -0.39 is 10.0 Å². The maximum atomic E-state index is 12.8. The molecule has 2 aromatic rings. The Kier molecular flexibility index (Phi) is 5.56. The maximum Gasteiger partial charge on any atom is 0.264 e. The first-order valence-corrected chi connectivity index (χ1v) is 10.7. The minimum Gasteiger partial charge on any atom is -0.336 e. The second kappa shape index (κ2) is 7.72. The van der Waals surface area contributed by atoms with Gasteiger partial charge in [-0.2, -0.15) is 0 Å². The molecule has 5 nitrogen and oxygen atoms in total. The first-order chi connectivity index (χ1) is 12.8. The summed E-state index contributed by atoms with van der Waals surface area (Å²) in [5.74, 6) is 0.0118. The number of nitrogens with zero attached hydrogens (tertiary/aromatic N) is 2. The summed E-state index contributed by atoms with van der Waals surface area (Å²) in [5, 5.41) is 0. The van der Waals surface area contributed by atoms with Gasteiger partial charge < -0.3 is 4.90 Å². The predicted octanol–water partition coefficient (Wildman–Crippen LogP) is 3.83. The molecule has 1 saturated heterocycles. The summed E-state index contributed by atoms with van der Waals surface area (Å²) in [5.41, 5.74) is 2.12. The lowest BCUT2D eigenvalue weighted by Gasteiger charge is -2.33. The Bertz CT molecular complexity index is 905. The van der Waals surface area contributed by atoms with Crippen molar-refractivity contribution < 1.29 is 13.2 Å². The second-order valence-corrected chi connectivity index (χ2v) is 9.15. The van der Waals surface area contributed by atoms with Crippen LogP contribution in [-0.4, -0.2) is 38.9 Å². The van der Waals surface area contributed by atoms with Gasteiger partial charge in [-0.1, -0.05) is 17.7 Å². The Hall–Kier alpha value is -2.34. The highest BCUT2D eigenvalue weighted by Gasteiger charge is 2.25. The van der Waals surface area contributed by atoms with Crippen LogP contribution >= 0.6 is 0 Å². The van der Waals surface area contributed by atoms with Gasteiger partial charge in [0.05, 0.1) is 10.6 Å². The number of carbonyl (C=O) groups excluding carboxylic acids is 1. The zero-order chi connectivity index (χ0) is 19.6. The van der Waals surface area contributed by atoms with Gasteiger partial charge in [-0.3, -0.25) is 9.10 Å². The molecular weight excluding hydrogens is 360 g/mol. The molecule has 0 spiro atoms. The molecule has 6 heteroatoms. The number of likely N-dealkylation sites (tertiary alicyclic amines) is 1. The van der Waals surface area contributed by atoms with Crippen molar-refractivity contribution in [1.29, 1.82) is 0 Å². The average Bonchev–Trinajstić information content (AvgIpc) is 2.68. The fourth-order valence-corrected chi connectivity index (χ4v) is 4.58. The number of benzene rings is 2. The van der Waals surface area contributed by atoms with Crippen LogP contribution in [0, 0.1) is 6.92 Å². The van der Waals surface area contributed by atoms with Crippen LogP contribution in [0.4, 0.5) is 5.69 Å². The van der Waals surface area contributed by atoms with Crippen molar-refractivity contribution >= 4 is 21.6 Å². The van der Waals surface area contributed by atoms with E-state index in [2.05, 4.69) is 6.92 Å². The van der Waals surface area contributed by atoms with E-state index in [0.717, 1.165) is 31.4 Å². The van der Waals surface area contributed by atoms with Crippen LogP contribution in [0.5, 0.6) is 0 Å². The number of piperidine rings is 1. The van der Waals surface area contributed by atoms with Crippen molar-refractivity contribution in [3.63, 3.8) is 0 Å². The lowest BCUT2D eigenvalue weighted by Crippen LogP contribution is -2.42. The lowest BCUT2D eigenvalue weighted by molar-refractivity contribution is 0.0635. The number of carbonyl (C=O) groups is 1. The van der Waals surface area contributed by atoms with E-state index in [-0.39, 0.29) is 16.8 Å². The minimum absolute atomic E-state index is 0.0118.